The van der Waals surface area contributed by atoms with E-state index in [9.17, 15) is 14.7 Å². The average molecular weight is 464 g/mol. The predicted octanol–water partition coefficient (Wildman–Crippen LogP) is 5.78. The third-order valence-electron chi connectivity index (χ3n) is 5.63. The van der Waals surface area contributed by atoms with Crippen molar-refractivity contribution in [2.24, 2.45) is 0 Å². The minimum atomic E-state index is -0.972. The third-order valence-corrected chi connectivity index (χ3v) is 5.85. The number of hydrogen-bond acceptors (Lipinski definition) is 6. The van der Waals surface area contributed by atoms with Gasteiger partial charge in [-0.25, -0.2) is 0 Å². The van der Waals surface area contributed by atoms with Crippen LogP contribution in [-0.4, -0.2) is 23.9 Å². The van der Waals surface area contributed by atoms with E-state index in [1.165, 1.54) is 24.3 Å². The molecule has 0 saturated heterocycles. The summed E-state index contributed by atoms with van der Waals surface area (Å²) in [5.41, 5.74) is 1.55. The van der Waals surface area contributed by atoms with E-state index >= 15 is 0 Å². The number of nitrogens with zero attached hydrogens (tertiary/aromatic N) is 1. The first kappa shape index (κ1) is 20.9. The number of halogens is 1. The number of benzene rings is 2. The minimum absolute atomic E-state index is 0.0666. The number of aliphatic hydroxyl groups excluding tert-OH is 1. The summed E-state index contributed by atoms with van der Waals surface area (Å²) in [6.45, 7) is 1.84. The zero-order chi connectivity index (χ0) is 23.3. The number of aliphatic hydroxyl groups is 1. The van der Waals surface area contributed by atoms with Gasteiger partial charge in [0.2, 0.25) is 5.78 Å². The van der Waals surface area contributed by atoms with Crippen LogP contribution in [0.15, 0.2) is 81.0 Å². The number of hydrogen-bond donors (Lipinski definition) is 1. The highest BCUT2D eigenvalue weighted by Crippen LogP contribution is 2.43. The number of furan rings is 2. The quantitative estimate of drug-likeness (QED) is 0.377. The second-order valence-electron chi connectivity index (χ2n) is 7.61. The molecule has 2 aromatic heterocycles. The van der Waals surface area contributed by atoms with Crippen LogP contribution in [0.4, 0.5) is 5.69 Å². The van der Waals surface area contributed by atoms with Gasteiger partial charge >= 0.3 is 0 Å². The first-order valence-corrected chi connectivity index (χ1v) is 10.5. The summed E-state index contributed by atoms with van der Waals surface area (Å²) in [5, 5.41) is 11.8. The summed E-state index contributed by atoms with van der Waals surface area (Å²) in [5.74, 6) is -1.38. The fourth-order valence-electron chi connectivity index (χ4n) is 4.12. The van der Waals surface area contributed by atoms with Crippen molar-refractivity contribution in [3.05, 3.63) is 94.3 Å². The summed E-state index contributed by atoms with van der Waals surface area (Å²) in [6, 6.07) is 14.3. The molecule has 7 nitrogen and oxygen atoms in total. The van der Waals surface area contributed by atoms with Gasteiger partial charge in [-0.2, -0.15) is 0 Å². The Kier molecular flexibility index (Phi) is 4.98. The topological polar surface area (TPSA) is 93.1 Å². The molecule has 3 heterocycles. The molecule has 0 spiro atoms. The van der Waals surface area contributed by atoms with Crippen LogP contribution in [0.3, 0.4) is 0 Å². The Bertz CT molecular complexity index is 1430. The Labute approximate surface area is 193 Å². The molecule has 1 aliphatic rings. The van der Waals surface area contributed by atoms with E-state index in [1.54, 1.807) is 36.4 Å². The van der Waals surface area contributed by atoms with Gasteiger partial charge in [-0.05, 0) is 42.8 Å². The fraction of sp³-hybridized carbons (Fsp3) is 0.120. The molecule has 1 amide bonds. The predicted molar refractivity (Wildman–Crippen MR) is 122 cm³/mol. The lowest BCUT2D eigenvalue weighted by atomic mass is 9.99. The maximum absolute atomic E-state index is 13.6. The van der Waals surface area contributed by atoms with Crippen LogP contribution in [0.5, 0.6) is 5.75 Å². The SMILES string of the molecule is COc1cc(Cl)cc2cc(C(=O)C3=C(O)C(=O)N(c4ccccc4C)C3c3ccco3)oc12. The molecule has 33 heavy (non-hydrogen) atoms. The van der Waals surface area contributed by atoms with Crippen molar-refractivity contribution in [3.63, 3.8) is 0 Å². The number of carbonyl (C=O) groups is 2. The van der Waals surface area contributed by atoms with E-state index < -0.39 is 23.5 Å². The molecule has 2 aromatic carbocycles. The molecule has 0 aliphatic carbocycles. The molecule has 5 rings (SSSR count). The molecule has 0 saturated carbocycles. The van der Waals surface area contributed by atoms with Crippen LogP contribution in [0, 0.1) is 6.92 Å². The van der Waals surface area contributed by atoms with Crippen LogP contribution in [0.1, 0.15) is 27.9 Å². The number of ketones is 1. The van der Waals surface area contributed by atoms with Crippen LogP contribution < -0.4 is 9.64 Å². The first-order valence-electron chi connectivity index (χ1n) is 10.1. The van der Waals surface area contributed by atoms with E-state index in [0.29, 0.717) is 33.2 Å². The van der Waals surface area contributed by atoms with Crippen molar-refractivity contribution in [2.45, 2.75) is 13.0 Å². The van der Waals surface area contributed by atoms with Gasteiger partial charge in [0.1, 0.15) is 11.8 Å². The van der Waals surface area contributed by atoms with Crippen LogP contribution in [-0.2, 0) is 4.79 Å². The van der Waals surface area contributed by atoms with Crippen LogP contribution >= 0.6 is 11.6 Å². The molecule has 1 aliphatic heterocycles. The standard InChI is InChI=1S/C25H18ClNO6/c1-13-6-3-4-7-16(13)27-21(17-8-5-9-32-17)20(23(29)25(27)30)22(28)18-11-14-10-15(26)12-19(31-2)24(14)33-18/h3-12,21,29H,1-2H3. The fourth-order valence-corrected chi connectivity index (χ4v) is 4.33. The molecule has 0 fully saturated rings. The van der Waals surface area contributed by atoms with Crippen molar-refractivity contribution in [2.75, 3.05) is 12.0 Å². The normalized spacial score (nSPS) is 16.2. The highest BCUT2D eigenvalue weighted by molar-refractivity contribution is 6.31. The summed E-state index contributed by atoms with van der Waals surface area (Å²) >= 11 is 6.13. The summed E-state index contributed by atoms with van der Waals surface area (Å²) in [6.07, 6.45) is 1.45. The number of para-hydroxylation sites is 1. The van der Waals surface area contributed by atoms with Gasteiger partial charge in [-0.15, -0.1) is 0 Å². The van der Waals surface area contributed by atoms with Crippen molar-refractivity contribution in [3.8, 4) is 5.75 Å². The van der Waals surface area contributed by atoms with Crippen LogP contribution in [0.25, 0.3) is 11.0 Å². The molecule has 4 aromatic rings. The molecule has 1 atom stereocenters. The Morgan fingerprint density at radius 3 is 2.64 bits per heavy atom. The average Bonchev–Trinajstić information content (AvgIpc) is 3.52. The molecular weight excluding hydrogens is 446 g/mol. The second kappa shape index (κ2) is 7.86. The van der Waals surface area contributed by atoms with Gasteiger partial charge < -0.3 is 18.7 Å². The maximum atomic E-state index is 13.6. The number of Topliss-reactive ketones (excluding diaryl/α,β-unsaturated/α-hetero) is 1. The highest BCUT2D eigenvalue weighted by atomic mass is 35.5. The number of rotatable bonds is 5. The number of anilines is 1. The zero-order valence-corrected chi connectivity index (χ0v) is 18.4. The molecule has 1 N–H and O–H groups in total. The monoisotopic (exact) mass is 463 g/mol. The lowest BCUT2D eigenvalue weighted by molar-refractivity contribution is -0.117. The summed E-state index contributed by atoms with van der Waals surface area (Å²) in [7, 11) is 1.46. The van der Waals surface area contributed by atoms with Crippen molar-refractivity contribution in [1.29, 1.82) is 0 Å². The van der Waals surface area contributed by atoms with E-state index in [0.717, 1.165) is 5.56 Å². The third kappa shape index (κ3) is 3.29. The molecule has 1 unspecified atom stereocenters. The van der Waals surface area contributed by atoms with Gasteiger partial charge in [0.15, 0.2) is 22.9 Å². The van der Waals surface area contributed by atoms with Gasteiger partial charge in [0.05, 0.1) is 18.9 Å². The number of fused-ring (bicyclic) bond motifs is 1. The molecule has 0 bridgehead atoms. The Balaban J connectivity index is 1.66. The Hall–Kier alpha value is -3.97. The molecule has 8 heteroatoms. The van der Waals surface area contributed by atoms with Crippen molar-refractivity contribution >= 4 is 39.9 Å². The van der Waals surface area contributed by atoms with E-state index in [2.05, 4.69) is 0 Å². The van der Waals surface area contributed by atoms with Gasteiger partial charge in [-0.1, -0.05) is 29.8 Å². The number of ether oxygens (including phenoxy) is 1. The number of amides is 1. The number of aryl methyl sites for hydroxylation is 1. The minimum Gasteiger partial charge on any atom is -0.503 e. The van der Waals surface area contributed by atoms with E-state index in [4.69, 9.17) is 25.2 Å². The van der Waals surface area contributed by atoms with Crippen molar-refractivity contribution < 1.29 is 28.3 Å². The van der Waals surface area contributed by atoms with Crippen molar-refractivity contribution in [1.82, 2.24) is 0 Å². The first-order chi connectivity index (χ1) is 15.9. The number of carbonyl (C=O) groups excluding carboxylic acids is 2. The van der Waals surface area contributed by atoms with Gasteiger partial charge in [-0.3, -0.25) is 14.5 Å². The smallest absolute Gasteiger partial charge is 0.294 e. The number of methoxy groups -OCH3 is 1. The largest absolute Gasteiger partial charge is 0.503 e. The second-order valence-corrected chi connectivity index (χ2v) is 8.04. The Morgan fingerprint density at radius 2 is 1.94 bits per heavy atom. The summed E-state index contributed by atoms with van der Waals surface area (Å²) < 4.78 is 16.7. The van der Waals surface area contributed by atoms with Crippen LogP contribution in [0.2, 0.25) is 5.02 Å². The van der Waals surface area contributed by atoms with Gasteiger partial charge in [0.25, 0.3) is 5.91 Å². The van der Waals surface area contributed by atoms with E-state index in [1.807, 2.05) is 19.1 Å². The lowest BCUT2D eigenvalue weighted by Gasteiger charge is -2.26. The zero-order valence-electron chi connectivity index (χ0n) is 17.7. The lowest BCUT2D eigenvalue weighted by Crippen LogP contribution is -2.31. The molecule has 166 valence electrons. The summed E-state index contributed by atoms with van der Waals surface area (Å²) in [4.78, 5) is 28.2. The highest BCUT2D eigenvalue weighted by Gasteiger charge is 2.47. The van der Waals surface area contributed by atoms with E-state index in [-0.39, 0.29) is 11.3 Å². The maximum Gasteiger partial charge on any atom is 0.294 e. The Morgan fingerprint density at radius 1 is 1.15 bits per heavy atom. The molecular formula is C25H18ClNO6. The van der Waals surface area contributed by atoms with Gasteiger partial charge in [0, 0.05) is 22.2 Å². The molecule has 0 radical (unpaired) electrons.